The fourth-order valence-electron chi connectivity index (χ4n) is 3.63. The van der Waals surface area contributed by atoms with Crippen molar-refractivity contribution in [2.24, 2.45) is 0 Å². The smallest absolute Gasteiger partial charge is 0.347 e. The van der Waals surface area contributed by atoms with E-state index in [0.29, 0.717) is 27.5 Å². The predicted octanol–water partition coefficient (Wildman–Crippen LogP) is 2.93. The van der Waals surface area contributed by atoms with Crippen LogP contribution >= 0.6 is 11.3 Å². The molecule has 2 aliphatic heterocycles. The monoisotopic (exact) mass is 410 g/mol. The quantitative estimate of drug-likeness (QED) is 0.724. The molecule has 0 radical (unpaired) electrons. The summed E-state index contributed by atoms with van der Waals surface area (Å²) in [5.41, 5.74) is 0.681. The Morgan fingerprint density at radius 1 is 1.18 bits per heavy atom. The normalized spacial score (nSPS) is 23.6. The molecule has 0 saturated carbocycles. The number of carbonyl (C=O) groups is 2. The zero-order valence-corrected chi connectivity index (χ0v) is 15.4. The first-order chi connectivity index (χ1) is 13.3. The minimum absolute atomic E-state index is 0.0318. The van der Waals surface area contributed by atoms with Gasteiger partial charge in [-0.2, -0.15) is 13.2 Å². The molecular weight excluding hydrogens is 393 g/mol. The van der Waals surface area contributed by atoms with Crippen LogP contribution in [0.15, 0.2) is 30.5 Å². The fourth-order valence-corrected chi connectivity index (χ4v) is 4.46. The van der Waals surface area contributed by atoms with Gasteiger partial charge in [-0.15, -0.1) is 11.3 Å². The third kappa shape index (κ3) is 3.88. The molecule has 4 rings (SSSR count). The molecule has 2 aromatic rings. The highest BCUT2D eigenvalue weighted by Crippen LogP contribution is 2.30. The number of fused-ring (bicyclic) bond motifs is 2. The van der Waals surface area contributed by atoms with Crippen molar-refractivity contribution < 1.29 is 22.8 Å². The number of rotatable bonds is 4. The molecule has 1 aromatic heterocycles. The van der Waals surface area contributed by atoms with Gasteiger partial charge in [0, 0.05) is 29.4 Å². The lowest BCUT2D eigenvalue weighted by Gasteiger charge is -2.20. The molecule has 3 heterocycles. The maximum atomic E-state index is 12.5. The summed E-state index contributed by atoms with van der Waals surface area (Å²) in [6.45, 7) is 0. The van der Waals surface area contributed by atoms with E-state index in [1.165, 1.54) is 29.7 Å². The van der Waals surface area contributed by atoms with Crippen molar-refractivity contribution in [2.45, 2.75) is 43.6 Å². The van der Waals surface area contributed by atoms with Crippen LogP contribution < -0.4 is 16.0 Å². The summed E-state index contributed by atoms with van der Waals surface area (Å²) in [6.07, 6.45) is -0.283. The van der Waals surface area contributed by atoms with E-state index in [2.05, 4.69) is 15.6 Å². The summed E-state index contributed by atoms with van der Waals surface area (Å²) in [6, 6.07) is 6.78. The van der Waals surface area contributed by atoms with Crippen molar-refractivity contribution in [3.8, 4) is 10.6 Å². The molecule has 0 unspecified atom stereocenters. The lowest BCUT2D eigenvalue weighted by Crippen LogP contribution is -2.42. The third-order valence-corrected chi connectivity index (χ3v) is 6.04. The van der Waals surface area contributed by atoms with E-state index in [0.717, 1.165) is 19.3 Å². The first kappa shape index (κ1) is 18.9. The van der Waals surface area contributed by atoms with Gasteiger partial charge >= 0.3 is 12.1 Å². The van der Waals surface area contributed by atoms with Gasteiger partial charge in [-0.05, 0) is 43.5 Å². The van der Waals surface area contributed by atoms with Crippen molar-refractivity contribution in [3.05, 3.63) is 35.3 Å². The average molecular weight is 410 g/mol. The second kappa shape index (κ2) is 7.17. The minimum Gasteiger partial charge on any atom is -0.347 e. The Morgan fingerprint density at radius 2 is 1.93 bits per heavy atom. The van der Waals surface area contributed by atoms with Crippen molar-refractivity contribution >= 4 is 28.8 Å². The van der Waals surface area contributed by atoms with Crippen LogP contribution in [0, 0.1) is 0 Å². The lowest BCUT2D eigenvalue weighted by atomic mass is 9.95. The number of hydrogen-bond donors (Lipinski definition) is 3. The number of nitrogens with zero attached hydrogens (tertiary/aromatic N) is 1. The van der Waals surface area contributed by atoms with Gasteiger partial charge in [-0.25, -0.2) is 4.98 Å². The lowest BCUT2D eigenvalue weighted by molar-refractivity contribution is -0.167. The highest BCUT2D eigenvalue weighted by molar-refractivity contribution is 7.16. The number of amides is 2. The maximum absolute atomic E-state index is 12.5. The summed E-state index contributed by atoms with van der Waals surface area (Å²) in [4.78, 5) is 28.1. The van der Waals surface area contributed by atoms with Crippen molar-refractivity contribution in [2.75, 3.05) is 5.32 Å². The standard InChI is InChI=1S/C18H17F3N4O2S/c19-18(20,21)17(27)24-10-3-1-9(2-4-10)16-22-8-14(28-16)15(26)25-13-7-11-5-6-12(13)23-11/h1-4,8,11-13,23H,5-7H2,(H,24,27)(H,25,26)/t11-,12+,13-/m1/s1. The Balaban J connectivity index is 1.39. The molecule has 6 nitrogen and oxygen atoms in total. The molecule has 0 spiro atoms. The van der Waals surface area contributed by atoms with Crippen molar-refractivity contribution in [1.29, 1.82) is 0 Å². The van der Waals surface area contributed by atoms with Gasteiger partial charge in [0.2, 0.25) is 0 Å². The Morgan fingerprint density at radius 3 is 2.54 bits per heavy atom. The molecule has 3 atom stereocenters. The fraction of sp³-hybridized carbons (Fsp3) is 0.389. The van der Waals surface area contributed by atoms with Crippen molar-refractivity contribution in [3.63, 3.8) is 0 Å². The summed E-state index contributed by atoms with van der Waals surface area (Å²) in [5, 5.41) is 8.88. The molecule has 1 aromatic carbocycles. The van der Waals surface area contributed by atoms with Crippen LogP contribution in [-0.2, 0) is 4.79 Å². The SMILES string of the molecule is O=C(N[C@@H]1C[C@H]2CC[C@@H]1N2)c1cnc(-c2ccc(NC(=O)C(F)(F)F)cc2)s1. The predicted molar refractivity (Wildman–Crippen MR) is 98.1 cm³/mol. The topological polar surface area (TPSA) is 83.1 Å². The largest absolute Gasteiger partial charge is 0.471 e. The molecule has 10 heteroatoms. The summed E-state index contributed by atoms with van der Waals surface area (Å²) < 4.78 is 36.9. The van der Waals surface area contributed by atoms with E-state index in [-0.39, 0.29) is 17.6 Å². The number of benzene rings is 1. The van der Waals surface area contributed by atoms with Crippen LogP contribution in [0.3, 0.4) is 0 Å². The highest BCUT2D eigenvalue weighted by atomic mass is 32.1. The number of hydrogen-bond acceptors (Lipinski definition) is 5. The van der Waals surface area contributed by atoms with Gasteiger partial charge in [0.25, 0.3) is 5.91 Å². The molecule has 2 saturated heterocycles. The molecule has 0 aliphatic carbocycles. The van der Waals surface area contributed by atoms with Crippen LogP contribution in [0.5, 0.6) is 0 Å². The maximum Gasteiger partial charge on any atom is 0.471 e. The Bertz CT molecular complexity index is 897. The van der Waals surface area contributed by atoms with Crippen LogP contribution in [0.25, 0.3) is 10.6 Å². The summed E-state index contributed by atoms with van der Waals surface area (Å²) in [7, 11) is 0. The van der Waals surface area contributed by atoms with E-state index in [1.54, 1.807) is 17.4 Å². The zero-order chi connectivity index (χ0) is 19.9. The molecule has 28 heavy (non-hydrogen) atoms. The van der Waals surface area contributed by atoms with E-state index in [9.17, 15) is 22.8 Å². The van der Waals surface area contributed by atoms with E-state index >= 15 is 0 Å². The minimum atomic E-state index is -4.94. The number of nitrogens with one attached hydrogen (secondary N) is 3. The van der Waals surface area contributed by atoms with Crippen LogP contribution in [0.4, 0.5) is 18.9 Å². The molecule has 3 N–H and O–H groups in total. The number of halogens is 3. The van der Waals surface area contributed by atoms with Gasteiger partial charge in [0.05, 0.1) is 6.20 Å². The van der Waals surface area contributed by atoms with Crippen LogP contribution in [0.1, 0.15) is 28.9 Å². The first-order valence-electron chi connectivity index (χ1n) is 8.81. The van der Waals surface area contributed by atoms with Gasteiger partial charge in [0.1, 0.15) is 9.88 Å². The molecule has 2 aliphatic rings. The first-order valence-corrected chi connectivity index (χ1v) is 9.62. The van der Waals surface area contributed by atoms with Gasteiger partial charge < -0.3 is 16.0 Å². The molecular formula is C18H17F3N4O2S. The van der Waals surface area contributed by atoms with Crippen LogP contribution in [-0.4, -0.2) is 41.1 Å². The number of carbonyl (C=O) groups excluding carboxylic acids is 2. The van der Waals surface area contributed by atoms with E-state index < -0.39 is 12.1 Å². The average Bonchev–Trinajstić information content (AvgIpc) is 3.38. The summed E-state index contributed by atoms with van der Waals surface area (Å²) >= 11 is 1.21. The Labute approximate surface area is 162 Å². The van der Waals surface area contributed by atoms with Gasteiger partial charge in [0.15, 0.2) is 0 Å². The molecule has 2 fully saturated rings. The van der Waals surface area contributed by atoms with Gasteiger partial charge in [-0.3, -0.25) is 9.59 Å². The highest BCUT2D eigenvalue weighted by Gasteiger charge is 2.40. The second-order valence-electron chi connectivity index (χ2n) is 6.92. The van der Waals surface area contributed by atoms with Crippen molar-refractivity contribution in [1.82, 2.24) is 15.6 Å². The van der Waals surface area contributed by atoms with E-state index in [1.807, 2.05) is 0 Å². The number of anilines is 1. The molecule has 2 amide bonds. The molecule has 2 bridgehead atoms. The third-order valence-electron chi connectivity index (χ3n) is 4.99. The molecule has 148 valence electrons. The number of aromatic nitrogens is 1. The second-order valence-corrected chi connectivity index (χ2v) is 7.95. The Hall–Kier alpha value is -2.46. The summed E-state index contributed by atoms with van der Waals surface area (Å²) in [5.74, 6) is -2.19. The Kier molecular flexibility index (Phi) is 4.84. The van der Waals surface area contributed by atoms with Crippen LogP contribution in [0.2, 0.25) is 0 Å². The van der Waals surface area contributed by atoms with Gasteiger partial charge in [-0.1, -0.05) is 0 Å². The number of thiazole rings is 1. The zero-order valence-electron chi connectivity index (χ0n) is 14.5. The number of alkyl halides is 3. The van der Waals surface area contributed by atoms with E-state index in [4.69, 9.17) is 0 Å².